The second-order valence-electron chi connectivity index (χ2n) is 8.16. The fourth-order valence-corrected chi connectivity index (χ4v) is 3.89. The van der Waals surface area contributed by atoms with Crippen molar-refractivity contribution >= 4 is 28.3 Å². The van der Waals surface area contributed by atoms with E-state index in [1.807, 2.05) is 69.3 Å². The quantitative estimate of drug-likeness (QED) is 0.375. The minimum absolute atomic E-state index is 0.134. The predicted octanol–water partition coefficient (Wildman–Crippen LogP) is 5.35. The molecule has 34 heavy (non-hydrogen) atoms. The number of imidazole rings is 1. The minimum atomic E-state index is -0.336. The molecule has 0 amide bonds. The van der Waals surface area contributed by atoms with Crippen molar-refractivity contribution in [2.45, 2.75) is 20.8 Å². The molecule has 0 atom stereocenters. The molecule has 5 rings (SSSR count). The number of hydrogen-bond donors (Lipinski definition) is 1. The number of aryl methyl sites for hydroxylation is 3. The van der Waals surface area contributed by atoms with Crippen molar-refractivity contribution in [1.82, 2.24) is 19.4 Å². The van der Waals surface area contributed by atoms with Crippen molar-refractivity contribution in [2.75, 3.05) is 0 Å². The van der Waals surface area contributed by atoms with Gasteiger partial charge in [-0.15, -0.1) is 0 Å². The molecular weight excluding hydrogens is 426 g/mol. The molecule has 0 unspecified atom stereocenters. The zero-order valence-electron chi connectivity index (χ0n) is 19.0. The number of aromatic amines is 1. The predicted molar refractivity (Wildman–Crippen MR) is 132 cm³/mol. The molecule has 1 N–H and O–H groups in total. The molecule has 7 heteroatoms. The Morgan fingerprint density at radius 1 is 1.06 bits per heavy atom. The molecule has 0 aliphatic carbocycles. The van der Waals surface area contributed by atoms with E-state index < -0.39 is 0 Å². The minimum Gasteiger partial charge on any atom is -0.438 e. The summed E-state index contributed by atoms with van der Waals surface area (Å²) in [6.07, 6.45) is 3.14. The molecule has 0 aliphatic heterocycles. The molecule has 0 radical (unpaired) electrons. The van der Waals surface area contributed by atoms with Gasteiger partial charge in [0.05, 0.1) is 16.6 Å². The monoisotopic (exact) mass is 447 g/mol. The lowest BCUT2D eigenvalue weighted by atomic mass is 10.1. The van der Waals surface area contributed by atoms with Gasteiger partial charge >= 0.3 is 0 Å². The maximum Gasteiger partial charge on any atom is 0.269 e. The number of rotatable bonds is 4. The Hall–Kier alpha value is -4.70. The number of benzene rings is 2. The van der Waals surface area contributed by atoms with Crippen LogP contribution in [0.1, 0.15) is 28.1 Å². The number of ether oxygens (including phenoxy) is 1. The molecule has 7 nitrogen and oxygen atoms in total. The second kappa shape index (κ2) is 8.34. The van der Waals surface area contributed by atoms with E-state index in [1.165, 1.54) is 10.5 Å². The number of fused-ring (bicyclic) bond motifs is 2. The third kappa shape index (κ3) is 3.71. The number of pyridine rings is 1. The van der Waals surface area contributed by atoms with E-state index in [0.29, 0.717) is 17.2 Å². The van der Waals surface area contributed by atoms with Gasteiger partial charge < -0.3 is 9.72 Å². The first-order valence-electron chi connectivity index (χ1n) is 10.8. The molecule has 166 valence electrons. The standard InChI is InChI=1S/C27H21N5O2/c1-16-10-11-23(18(3)13-16)34-26-20(27(33)32-12-6-7-17(2)25(32)31-26)14-19(15-28)24-29-21-8-4-5-9-22(21)30-24/h4-14H,1-3H3,(H,29,30). The van der Waals surface area contributed by atoms with Crippen LogP contribution in [0.5, 0.6) is 11.6 Å². The molecule has 3 heterocycles. The average molecular weight is 447 g/mol. The average Bonchev–Trinajstić information content (AvgIpc) is 3.25. The van der Waals surface area contributed by atoms with Crippen LogP contribution in [0.2, 0.25) is 0 Å². The van der Waals surface area contributed by atoms with Gasteiger partial charge in [-0.1, -0.05) is 35.9 Å². The summed E-state index contributed by atoms with van der Waals surface area (Å²) < 4.78 is 7.63. The van der Waals surface area contributed by atoms with Gasteiger partial charge in [0.1, 0.15) is 28.9 Å². The van der Waals surface area contributed by atoms with E-state index in [9.17, 15) is 10.1 Å². The Morgan fingerprint density at radius 2 is 1.88 bits per heavy atom. The number of nitriles is 1. The van der Waals surface area contributed by atoms with Crippen LogP contribution < -0.4 is 10.3 Å². The number of allylic oxidation sites excluding steroid dienone is 1. The molecule has 0 aliphatic rings. The largest absolute Gasteiger partial charge is 0.438 e. The molecule has 0 fully saturated rings. The zero-order valence-corrected chi connectivity index (χ0v) is 19.0. The Morgan fingerprint density at radius 3 is 2.65 bits per heavy atom. The highest BCUT2D eigenvalue weighted by molar-refractivity contribution is 5.91. The number of hydrogen-bond acceptors (Lipinski definition) is 5. The maximum absolute atomic E-state index is 13.5. The van der Waals surface area contributed by atoms with Gasteiger partial charge in [-0.25, -0.2) is 4.98 Å². The first-order chi connectivity index (χ1) is 16.4. The maximum atomic E-state index is 13.5. The Bertz CT molecular complexity index is 1670. The molecular formula is C27H21N5O2. The van der Waals surface area contributed by atoms with Gasteiger partial charge in [0, 0.05) is 6.20 Å². The van der Waals surface area contributed by atoms with Crippen LogP contribution >= 0.6 is 0 Å². The van der Waals surface area contributed by atoms with Crippen molar-refractivity contribution in [3.8, 4) is 17.7 Å². The summed E-state index contributed by atoms with van der Waals surface area (Å²) in [6.45, 7) is 5.82. The number of nitrogens with one attached hydrogen (secondary N) is 1. The number of para-hydroxylation sites is 2. The molecule has 0 spiro atoms. The Balaban J connectivity index is 1.74. The summed E-state index contributed by atoms with van der Waals surface area (Å²) in [6, 6.07) is 19.1. The highest BCUT2D eigenvalue weighted by Crippen LogP contribution is 2.29. The lowest BCUT2D eigenvalue weighted by Gasteiger charge is -2.13. The van der Waals surface area contributed by atoms with Crippen molar-refractivity contribution in [2.24, 2.45) is 0 Å². The zero-order chi connectivity index (χ0) is 23.8. The van der Waals surface area contributed by atoms with Gasteiger partial charge in [-0.05, 0) is 62.2 Å². The first kappa shape index (κ1) is 21.2. The van der Waals surface area contributed by atoms with E-state index in [2.05, 4.69) is 21.0 Å². The van der Waals surface area contributed by atoms with Crippen LogP contribution in [-0.2, 0) is 0 Å². The SMILES string of the molecule is Cc1ccc(Oc2nc3c(C)cccn3c(=O)c2C=C(C#N)c2nc3ccccc3[nH]2)c(C)c1. The van der Waals surface area contributed by atoms with E-state index in [-0.39, 0.29) is 22.6 Å². The fraction of sp³-hybridized carbons (Fsp3) is 0.111. The summed E-state index contributed by atoms with van der Waals surface area (Å²) in [4.78, 5) is 25.9. The third-order valence-electron chi connectivity index (χ3n) is 5.64. The van der Waals surface area contributed by atoms with Crippen molar-refractivity contribution in [3.63, 3.8) is 0 Å². The van der Waals surface area contributed by atoms with Gasteiger partial charge in [-0.2, -0.15) is 10.2 Å². The normalized spacial score (nSPS) is 11.6. The highest BCUT2D eigenvalue weighted by Gasteiger charge is 2.18. The van der Waals surface area contributed by atoms with Crippen LogP contribution in [-0.4, -0.2) is 19.4 Å². The van der Waals surface area contributed by atoms with Crippen molar-refractivity contribution in [3.05, 3.63) is 99.2 Å². The summed E-state index contributed by atoms with van der Waals surface area (Å²) in [5.74, 6) is 1.09. The number of nitrogens with zero attached hydrogens (tertiary/aromatic N) is 4. The molecule has 0 bridgehead atoms. The summed E-state index contributed by atoms with van der Waals surface area (Å²) in [7, 11) is 0. The Labute approximate surface area is 195 Å². The topological polar surface area (TPSA) is 96.1 Å². The summed E-state index contributed by atoms with van der Waals surface area (Å²) in [5, 5.41) is 9.92. The number of aromatic nitrogens is 4. The van der Waals surface area contributed by atoms with Gasteiger partial charge in [0.2, 0.25) is 5.88 Å². The summed E-state index contributed by atoms with van der Waals surface area (Å²) >= 11 is 0. The molecule has 2 aromatic carbocycles. The van der Waals surface area contributed by atoms with Crippen molar-refractivity contribution in [1.29, 1.82) is 5.26 Å². The third-order valence-corrected chi connectivity index (χ3v) is 5.64. The summed E-state index contributed by atoms with van der Waals surface area (Å²) in [5.41, 5.74) is 4.91. The first-order valence-corrected chi connectivity index (χ1v) is 10.8. The molecule has 0 saturated heterocycles. The molecule has 5 aromatic rings. The smallest absolute Gasteiger partial charge is 0.269 e. The number of H-pyrrole nitrogens is 1. The highest BCUT2D eigenvalue weighted by atomic mass is 16.5. The Kier molecular flexibility index (Phi) is 5.19. The van der Waals surface area contributed by atoms with Gasteiger partial charge in [-0.3, -0.25) is 9.20 Å². The van der Waals surface area contributed by atoms with E-state index in [4.69, 9.17) is 4.74 Å². The van der Waals surface area contributed by atoms with Crippen molar-refractivity contribution < 1.29 is 4.74 Å². The van der Waals surface area contributed by atoms with Crippen LogP contribution in [0.4, 0.5) is 0 Å². The fourth-order valence-electron chi connectivity index (χ4n) is 3.89. The van der Waals surface area contributed by atoms with E-state index in [1.54, 1.807) is 12.3 Å². The molecule has 0 saturated carbocycles. The lowest BCUT2D eigenvalue weighted by molar-refractivity contribution is 0.457. The van der Waals surface area contributed by atoms with Crippen LogP contribution in [0.25, 0.3) is 28.3 Å². The lowest BCUT2D eigenvalue weighted by Crippen LogP contribution is -2.19. The van der Waals surface area contributed by atoms with Gasteiger partial charge in [0.25, 0.3) is 5.56 Å². The van der Waals surface area contributed by atoms with Crippen LogP contribution in [0.3, 0.4) is 0 Å². The second-order valence-corrected chi connectivity index (χ2v) is 8.16. The molecule has 3 aromatic heterocycles. The van der Waals surface area contributed by atoms with Gasteiger partial charge in [0.15, 0.2) is 0 Å². The van der Waals surface area contributed by atoms with E-state index in [0.717, 1.165) is 27.7 Å². The van der Waals surface area contributed by atoms with E-state index >= 15 is 0 Å². The van der Waals surface area contributed by atoms with Crippen LogP contribution in [0, 0.1) is 32.1 Å². The van der Waals surface area contributed by atoms with Crippen LogP contribution in [0.15, 0.2) is 65.6 Å².